The molecule has 2 aliphatic rings. The Labute approximate surface area is 340 Å². The van der Waals surface area contributed by atoms with Crippen LogP contribution in [0.25, 0.3) is 27.6 Å². The van der Waals surface area contributed by atoms with Crippen LogP contribution in [0.4, 0.5) is 37.9 Å². The Hall–Kier alpha value is -7.09. The Kier molecular flexibility index (Phi) is 11.2. The molecule has 1 saturated heterocycles. The Balaban J connectivity index is 0.874. The van der Waals surface area contributed by atoms with Crippen molar-refractivity contribution in [3.8, 4) is 22.8 Å². The second-order valence-electron chi connectivity index (χ2n) is 14.8. The van der Waals surface area contributed by atoms with Crippen molar-refractivity contribution in [2.24, 2.45) is 0 Å². The molecule has 302 valence electrons. The predicted octanol–water partition coefficient (Wildman–Crippen LogP) is 6.62. The van der Waals surface area contributed by atoms with E-state index in [9.17, 15) is 19.2 Å². The number of benzene rings is 2. The first-order valence-corrected chi connectivity index (χ1v) is 19.4. The van der Waals surface area contributed by atoms with Gasteiger partial charge in [0.15, 0.2) is 23.1 Å². The van der Waals surface area contributed by atoms with Crippen molar-refractivity contribution in [1.82, 2.24) is 35.0 Å². The topological polar surface area (TPSA) is 176 Å². The van der Waals surface area contributed by atoms with Crippen molar-refractivity contribution >= 4 is 52.5 Å². The summed E-state index contributed by atoms with van der Waals surface area (Å²) in [6.45, 7) is 17.6. The molecular weight excluding hydrogens is 756 g/mol. The number of hydrogen-bond donors (Lipinski definition) is 2. The van der Waals surface area contributed by atoms with E-state index in [1.807, 2.05) is 26.0 Å². The monoisotopic (exact) mass is 798 g/mol. The molecule has 7 rings (SSSR count). The van der Waals surface area contributed by atoms with E-state index in [0.29, 0.717) is 71.8 Å². The lowest BCUT2D eigenvalue weighted by atomic mass is 10.0. The average Bonchev–Trinajstić information content (AvgIpc) is 3.75. The number of likely N-dealkylation sites (N-methyl/N-ethyl adjacent to an activating group) is 1. The molecule has 59 heavy (non-hydrogen) atoms. The van der Waals surface area contributed by atoms with Crippen LogP contribution in [0.2, 0.25) is 0 Å². The Morgan fingerprint density at radius 2 is 1.75 bits per heavy atom. The van der Waals surface area contributed by atoms with Crippen molar-refractivity contribution in [1.29, 1.82) is 0 Å². The minimum Gasteiger partial charge on any atom is -0.358 e. The highest BCUT2D eigenvalue weighted by Gasteiger charge is 2.52. The molecule has 16 nitrogen and oxygen atoms in total. The third-order valence-electron chi connectivity index (χ3n) is 10.4. The number of hydrogen-bond acceptors (Lipinski definition) is 10. The number of fused-ring (bicyclic) bond motifs is 1. The molecule has 0 spiro atoms. The van der Waals surface area contributed by atoms with Crippen LogP contribution in [0.5, 0.6) is 0 Å². The molecule has 5 aromatic rings. The van der Waals surface area contributed by atoms with Crippen molar-refractivity contribution in [3.63, 3.8) is 0 Å². The van der Waals surface area contributed by atoms with Gasteiger partial charge in [-0.05, 0) is 95.5 Å². The Bertz CT molecular complexity index is 2530. The second kappa shape index (κ2) is 16.4. The fourth-order valence-corrected chi connectivity index (χ4v) is 7.23. The predicted molar refractivity (Wildman–Crippen MR) is 220 cm³/mol. The van der Waals surface area contributed by atoms with Crippen LogP contribution < -0.4 is 25.3 Å². The van der Waals surface area contributed by atoms with E-state index in [-0.39, 0.29) is 23.7 Å². The van der Waals surface area contributed by atoms with Gasteiger partial charge < -0.3 is 10.6 Å². The third kappa shape index (κ3) is 7.81. The maximum atomic E-state index is 15.4. The second-order valence-corrected chi connectivity index (χ2v) is 14.8. The van der Waals surface area contributed by atoms with Crippen LogP contribution in [-0.2, 0) is 16.1 Å². The van der Waals surface area contributed by atoms with Gasteiger partial charge in [-0.2, -0.15) is 0 Å². The number of aromatic nitrogens is 6. The smallest absolute Gasteiger partial charge is 0.336 e. The van der Waals surface area contributed by atoms with E-state index < -0.39 is 29.2 Å². The van der Waals surface area contributed by atoms with E-state index in [0.717, 1.165) is 41.5 Å². The number of nitrogens with zero attached hydrogens (tertiary/aromatic N) is 10. The molecule has 0 aliphatic carbocycles. The van der Waals surface area contributed by atoms with Gasteiger partial charge in [0.25, 0.3) is 11.8 Å². The van der Waals surface area contributed by atoms with Crippen molar-refractivity contribution in [2.45, 2.75) is 72.4 Å². The fraction of sp³-hybridized carbons (Fsp3) is 0.333. The van der Waals surface area contributed by atoms with Crippen LogP contribution in [0, 0.1) is 26.2 Å². The number of carbonyl (C=O) groups excluding carboxylic acids is 4. The van der Waals surface area contributed by atoms with Crippen molar-refractivity contribution < 1.29 is 23.6 Å². The molecule has 0 unspecified atom stereocenters. The molecule has 2 N–H and O–H groups in total. The maximum Gasteiger partial charge on any atom is 0.336 e. The molecule has 0 bridgehead atoms. The molecular formula is C42H43FN12O4. The first kappa shape index (κ1) is 40.1. The first-order chi connectivity index (χ1) is 28.3. The summed E-state index contributed by atoms with van der Waals surface area (Å²) in [5, 5.41) is 10.4. The quantitative estimate of drug-likeness (QED) is 0.0748. The molecule has 17 heteroatoms. The summed E-state index contributed by atoms with van der Waals surface area (Å²) in [6, 6.07) is 11.6. The minimum absolute atomic E-state index is 0.0592. The molecule has 0 radical (unpaired) electrons. The summed E-state index contributed by atoms with van der Waals surface area (Å²) in [7, 11) is 0. The lowest BCUT2D eigenvalue weighted by Crippen LogP contribution is -2.44. The van der Waals surface area contributed by atoms with Gasteiger partial charge in [0, 0.05) is 36.6 Å². The lowest BCUT2D eigenvalue weighted by molar-refractivity contribution is -0.120. The number of urea groups is 1. The van der Waals surface area contributed by atoms with Gasteiger partial charge in [-0.25, -0.2) is 38.9 Å². The van der Waals surface area contributed by atoms with E-state index in [4.69, 9.17) is 16.5 Å². The van der Waals surface area contributed by atoms with Crippen LogP contribution in [0.15, 0.2) is 61.1 Å². The highest BCUT2D eigenvalue weighted by atomic mass is 19.1. The van der Waals surface area contributed by atoms with Gasteiger partial charge in [0.2, 0.25) is 5.91 Å². The highest BCUT2D eigenvalue weighted by molar-refractivity contribution is 6.30. The van der Waals surface area contributed by atoms with Gasteiger partial charge >= 0.3 is 6.03 Å². The zero-order valence-electron chi connectivity index (χ0n) is 33.4. The number of nitrogens with one attached hydrogen (secondary N) is 2. The number of unbranched alkanes of at least 4 members (excludes halogenated alkanes) is 3. The number of aryl methyl sites for hydroxylation is 3. The number of anilines is 4. The zero-order valence-corrected chi connectivity index (χ0v) is 33.4. The summed E-state index contributed by atoms with van der Waals surface area (Å²) in [4.78, 5) is 77.9. The summed E-state index contributed by atoms with van der Waals surface area (Å²) < 4.78 is 17.1. The molecule has 3 aromatic heterocycles. The standard InChI is InChI=1S/C42H43FN12O4/c1-7-53-35(56)23-47-37-38(53)50-34(22-46-37)29-15-17-33(49-26(29)3)36-48-24-52(51-36)19-11-9-8-10-18-45-39(57)30-14-12-28(21-31(30)43)55-41(59)54(40(58)42(55,4)5)27-13-16-32(44-6)25(2)20-27/h12-17,20-22,24H,7-11,18-19,23H2,1-5H3,(H,45,57)(H,46,47). The summed E-state index contributed by atoms with van der Waals surface area (Å²) in [5.41, 5.74) is 2.73. The van der Waals surface area contributed by atoms with E-state index in [1.54, 1.807) is 55.0 Å². The molecule has 2 aliphatic heterocycles. The van der Waals surface area contributed by atoms with Gasteiger partial charge in [0.1, 0.15) is 23.4 Å². The maximum absolute atomic E-state index is 15.4. The molecule has 0 atom stereocenters. The highest BCUT2D eigenvalue weighted by Crippen LogP contribution is 2.38. The summed E-state index contributed by atoms with van der Waals surface area (Å²) >= 11 is 0. The molecule has 2 aromatic carbocycles. The molecule has 5 amide bonds. The minimum atomic E-state index is -1.33. The number of imide groups is 1. The van der Waals surface area contributed by atoms with E-state index in [2.05, 4.69) is 30.5 Å². The van der Waals surface area contributed by atoms with Gasteiger partial charge in [-0.3, -0.25) is 28.9 Å². The van der Waals surface area contributed by atoms with E-state index in [1.165, 1.54) is 23.1 Å². The van der Waals surface area contributed by atoms with Crippen molar-refractivity contribution in [3.05, 3.63) is 95.1 Å². The van der Waals surface area contributed by atoms with Crippen LogP contribution in [-0.4, -0.2) is 78.6 Å². The van der Waals surface area contributed by atoms with Gasteiger partial charge in [0.05, 0.1) is 36.3 Å². The van der Waals surface area contributed by atoms with Crippen LogP contribution >= 0.6 is 0 Å². The lowest BCUT2D eigenvalue weighted by Gasteiger charge is -2.28. The number of pyridine rings is 1. The third-order valence-corrected chi connectivity index (χ3v) is 10.4. The Morgan fingerprint density at radius 1 is 0.966 bits per heavy atom. The fourth-order valence-electron chi connectivity index (χ4n) is 7.23. The SMILES string of the molecule is [C-]#[N+]c1ccc(N2C(=O)N(c3ccc(C(=O)NCCCCCCn4cnc(-c5ccc(-c6cnc7c(n6)N(CC)C(=O)CN7)c(C)n5)n4)c(F)c3)C(C)(C)C2=O)cc1C. The number of carbonyl (C=O) groups is 4. The molecule has 5 heterocycles. The first-order valence-electron chi connectivity index (χ1n) is 19.4. The molecule has 0 saturated carbocycles. The zero-order chi connectivity index (χ0) is 42.0. The van der Waals surface area contributed by atoms with Crippen LogP contribution in [0.3, 0.4) is 0 Å². The normalized spacial score (nSPS) is 14.7. The number of rotatable bonds is 13. The van der Waals surface area contributed by atoms with Gasteiger partial charge in [-0.1, -0.05) is 18.9 Å². The largest absolute Gasteiger partial charge is 0.358 e. The summed E-state index contributed by atoms with van der Waals surface area (Å²) in [5.74, 6) is -0.377. The average molecular weight is 799 g/mol. The Morgan fingerprint density at radius 3 is 2.47 bits per heavy atom. The number of amides is 5. The molecule has 1 fully saturated rings. The van der Waals surface area contributed by atoms with Crippen LogP contribution in [0.1, 0.15) is 68.1 Å². The number of halogens is 1. The van der Waals surface area contributed by atoms with E-state index >= 15 is 4.39 Å². The van der Waals surface area contributed by atoms with Gasteiger partial charge in [-0.15, -0.1) is 5.10 Å². The van der Waals surface area contributed by atoms with Crippen molar-refractivity contribution in [2.75, 3.05) is 39.7 Å². The summed E-state index contributed by atoms with van der Waals surface area (Å²) in [6.07, 6.45) is 6.56.